The predicted octanol–water partition coefficient (Wildman–Crippen LogP) is 1.84. The summed E-state index contributed by atoms with van der Waals surface area (Å²) < 4.78 is 39.2. The summed E-state index contributed by atoms with van der Waals surface area (Å²) in [6.45, 7) is 2.31. The lowest BCUT2D eigenvalue weighted by Gasteiger charge is -2.08. The summed E-state index contributed by atoms with van der Waals surface area (Å²) in [4.78, 5) is 3.94. The molecule has 1 aromatic carbocycles. The van der Waals surface area contributed by atoms with Crippen molar-refractivity contribution in [1.82, 2.24) is 5.32 Å². The molecule has 2 rings (SSSR count). The molecule has 1 heterocycles. The Balaban J connectivity index is 2.45. The average Bonchev–Trinajstić information content (AvgIpc) is 2.49. The second kappa shape index (κ2) is 3.56. The molecule has 5 heteroatoms. The van der Waals surface area contributed by atoms with E-state index >= 15 is 0 Å². The number of nitrogens with one attached hydrogen (secondary N) is 1. The Morgan fingerprint density at radius 2 is 1.87 bits per heavy atom. The normalized spacial score (nSPS) is 20.0. The van der Waals surface area contributed by atoms with Gasteiger partial charge in [0.25, 0.3) is 0 Å². The van der Waals surface area contributed by atoms with Crippen LogP contribution in [0, 0.1) is 17.5 Å². The highest BCUT2D eigenvalue weighted by atomic mass is 19.1. The first-order valence-electron chi connectivity index (χ1n) is 4.54. The smallest absolute Gasteiger partial charge is 0.140 e. The highest BCUT2D eigenvalue weighted by Gasteiger charge is 2.21. The van der Waals surface area contributed by atoms with E-state index in [1.807, 2.05) is 6.92 Å². The van der Waals surface area contributed by atoms with Crippen LogP contribution in [0.3, 0.4) is 0 Å². The Morgan fingerprint density at radius 3 is 2.33 bits per heavy atom. The predicted molar refractivity (Wildman–Crippen MR) is 50.3 cm³/mol. The molecule has 1 N–H and O–H groups in total. The Labute approximate surface area is 84.8 Å². The van der Waals surface area contributed by atoms with Gasteiger partial charge < -0.3 is 5.32 Å². The van der Waals surface area contributed by atoms with Gasteiger partial charge in [0.05, 0.1) is 12.1 Å². The third-order valence-corrected chi connectivity index (χ3v) is 2.15. The van der Waals surface area contributed by atoms with Gasteiger partial charge in [0.15, 0.2) is 0 Å². The standard InChI is InChI=1S/C10H9F3N2/c1-5-4-14-10(15-5)9-7(12)2-6(11)3-8(9)13/h2-3,5H,4H2,1H3,(H,14,15). The first kappa shape index (κ1) is 10.0. The molecular formula is C10H9F3N2. The number of rotatable bonds is 1. The molecular weight excluding hydrogens is 205 g/mol. The molecule has 0 aliphatic carbocycles. The van der Waals surface area contributed by atoms with E-state index < -0.39 is 17.5 Å². The van der Waals surface area contributed by atoms with Crippen LogP contribution in [0.5, 0.6) is 0 Å². The van der Waals surface area contributed by atoms with Gasteiger partial charge in [-0.2, -0.15) is 0 Å². The van der Waals surface area contributed by atoms with Gasteiger partial charge in [-0.3, -0.25) is 4.99 Å². The maximum Gasteiger partial charge on any atom is 0.140 e. The number of hydrogen-bond donors (Lipinski definition) is 1. The minimum Gasteiger partial charge on any atom is -0.365 e. The zero-order valence-corrected chi connectivity index (χ0v) is 8.02. The fraction of sp³-hybridized carbons (Fsp3) is 0.300. The van der Waals surface area contributed by atoms with Crippen molar-refractivity contribution in [3.63, 3.8) is 0 Å². The van der Waals surface area contributed by atoms with Crippen LogP contribution in [-0.4, -0.2) is 18.4 Å². The summed E-state index contributed by atoms with van der Waals surface area (Å²) in [6.07, 6.45) is 0. The highest BCUT2D eigenvalue weighted by molar-refractivity contribution is 6.00. The van der Waals surface area contributed by atoms with E-state index in [1.54, 1.807) is 0 Å². The number of aliphatic imine (C=N–C) groups is 1. The summed E-state index contributed by atoms with van der Waals surface area (Å²) in [5, 5.41) is 2.82. The molecule has 0 fully saturated rings. The molecule has 0 amide bonds. The molecule has 0 saturated carbocycles. The van der Waals surface area contributed by atoms with Crippen LogP contribution in [0.15, 0.2) is 17.1 Å². The molecule has 2 nitrogen and oxygen atoms in total. The second-order valence-electron chi connectivity index (χ2n) is 3.48. The van der Waals surface area contributed by atoms with E-state index in [0.717, 1.165) is 0 Å². The van der Waals surface area contributed by atoms with Gasteiger partial charge in [0, 0.05) is 18.2 Å². The van der Waals surface area contributed by atoms with Crippen molar-refractivity contribution in [2.45, 2.75) is 13.0 Å². The minimum absolute atomic E-state index is 0.0452. The first-order valence-corrected chi connectivity index (χ1v) is 4.54. The summed E-state index contributed by atoms with van der Waals surface area (Å²) in [5.41, 5.74) is -0.291. The molecule has 1 aliphatic heterocycles. The lowest BCUT2D eigenvalue weighted by molar-refractivity contribution is 0.539. The minimum atomic E-state index is -0.937. The zero-order valence-electron chi connectivity index (χ0n) is 8.02. The Bertz CT molecular complexity index is 406. The number of nitrogens with zero attached hydrogens (tertiary/aromatic N) is 1. The fourth-order valence-corrected chi connectivity index (χ4v) is 1.47. The molecule has 0 saturated heterocycles. The van der Waals surface area contributed by atoms with E-state index in [1.165, 1.54) is 0 Å². The van der Waals surface area contributed by atoms with Gasteiger partial charge in [-0.25, -0.2) is 13.2 Å². The summed E-state index contributed by atoms with van der Waals surface area (Å²) >= 11 is 0. The van der Waals surface area contributed by atoms with Crippen molar-refractivity contribution >= 4 is 5.84 Å². The number of benzene rings is 1. The fourth-order valence-electron chi connectivity index (χ4n) is 1.47. The van der Waals surface area contributed by atoms with E-state index in [9.17, 15) is 13.2 Å². The van der Waals surface area contributed by atoms with Crippen LogP contribution in [0.2, 0.25) is 0 Å². The van der Waals surface area contributed by atoms with Crippen LogP contribution in [0.25, 0.3) is 0 Å². The maximum atomic E-state index is 13.3. The summed E-state index contributed by atoms with van der Waals surface area (Å²) in [7, 11) is 0. The van der Waals surface area contributed by atoms with Crippen molar-refractivity contribution in [1.29, 1.82) is 0 Å². The van der Waals surface area contributed by atoms with Crippen LogP contribution >= 0.6 is 0 Å². The molecule has 1 unspecified atom stereocenters. The molecule has 1 aliphatic rings. The number of amidine groups is 1. The SMILES string of the molecule is CC1CN=C(c2c(F)cc(F)cc2F)N1. The van der Waals surface area contributed by atoms with Gasteiger partial charge in [0.2, 0.25) is 0 Å². The first-order chi connectivity index (χ1) is 7.08. The van der Waals surface area contributed by atoms with Gasteiger partial charge in [-0.15, -0.1) is 0 Å². The topological polar surface area (TPSA) is 24.4 Å². The largest absolute Gasteiger partial charge is 0.365 e. The van der Waals surface area contributed by atoms with E-state index in [4.69, 9.17) is 0 Å². The Kier molecular flexibility index (Phi) is 2.38. The quantitative estimate of drug-likeness (QED) is 0.757. The van der Waals surface area contributed by atoms with Crippen molar-refractivity contribution in [3.8, 4) is 0 Å². The molecule has 0 radical (unpaired) electrons. The third kappa shape index (κ3) is 1.82. The van der Waals surface area contributed by atoms with Crippen molar-refractivity contribution in [3.05, 3.63) is 35.1 Å². The molecule has 1 aromatic rings. The molecule has 1 atom stereocenters. The lowest BCUT2D eigenvalue weighted by Crippen LogP contribution is -2.29. The molecule has 80 valence electrons. The summed E-state index contributed by atoms with van der Waals surface area (Å²) in [5.74, 6) is -2.65. The van der Waals surface area contributed by atoms with Crippen LogP contribution in [-0.2, 0) is 0 Å². The average molecular weight is 214 g/mol. The zero-order chi connectivity index (χ0) is 11.0. The van der Waals surface area contributed by atoms with Crippen molar-refractivity contribution < 1.29 is 13.2 Å². The van der Waals surface area contributed by atoms with Gasteiger partial charge >= 0.3 is 0 Å². The monoisotopic (exact) mass is 214 g/mol. The second-order valence-corrected chi connectivity index (χ2v) is 3.48. The number of hydrogen-bond acceptors (Lipinski definition) is 2. The van der Waals surface area contributed by atoms with Gasteiger partial charge in [-0.05, 0) is 6.92 Å². The third-order valence-electron chi connectivity index (χ3n) is 2.15. The van der Waals surface area contributed by atoms with Crippen LogP contribution in [0.4, 0.5) is 13.2 Å². The maximum absolute atomic E-state index is 13.3. The number of halogens is 3. The molecule has 15 heavy (non-hydrogen) atoms. The molecule has 0 aromatic heterocycles. The van der Waals surface area contributed by atoms with Gasteiger partial charge in [0.1, 0.15) is 23.3 Å². The van der Waals surface area contributed by atoms with Crippen LogP contribution in [0.1, 0.15) is 12.5 Å². The van der Waals surface area contributed by atoms with Crippen molar-refractivity contribution in [2.75, 3.05) is 6.54 Å². The molecule has 0 spiro atoms. The van der Waals surface area contributed by atoms with Crippen molar-refractivity contribution in [2.24, 2.45) is 4.99 Å². The van der Waals surface area contributed by atoms with E-state index in [0.29, 0.717) is 18.7 Å². The summed E-state index contributed by atoms with van der Waals surface area (Å²) in [6, 6.07) is 1.33. The lowest BCUT2D eigenvalue weighted by atomic mass is 10.1. The van der Waals surface area contributed by atoms with Crippen LogP contribution < -0.4 is 5.32 Å². The molecule has 0 bridgehead atoms. The highest BCUT2D eigenvalue weighted by Crippen LogP contribution is 2.16. The van der Waals surface area contributed by atoms with E-state index in [2.05, 4.69) is 10.3 Å². The van der Waals surface area contributed by atoms with Gasteiger partial charge in [-0.1, -0.05) is 0 Å². The van der Waals surface area contributed by atoms with E-state index in [-0.39, 0.29) is 17.4 Å². The Hall–Kier alpha value is -1.52. The Morgan fingerprint density at radius 1 is 1.27 bits per heavy atom.